The standard InChI is InChI=1S/C10H11ClO5/c1-15-7-4-5(11)3-6(9(7)16-2)8(12)10(13)14/h3-4,8,12H,1-2H3,(H,13,14). The Morgan fingerprint density at radius 1 is 1.38 bits per heavy atom. The molecule has 0 saturated carbocycles. The van der Waals surface area contributed by atoms with Crippen LogP contribution in [0.4, 0.5) is 0 Å². The van der Waals surface area contributed by atoms with E-state index in [1.165, 1.54) is 26.4 Å². The molecule has 0 fully saturated rings. The van der Waals surface area contributed by atoms with Crippen LogP contribution >= 0.6 is 11.6 Å². The van der Waals surface area contributed by atoms with Crippen molar-refractivity contribution in [2.75, 3.05) is 14.2 Å². The van der Waals surface area contributed by atoms with Gasteiger partial charge in [0.1, 0.15) is 0 Å². The van der Waals surface area contributed by atoms with Crippen molar-refractivity contribution in [3.8, 4) is 11.5 Å². The van der Waals surface area contributed by atoms with Crippen LogP contribution in [0.2, 0.25) is 5.02 Å². The summed E-state index contributed by atoms with van der Waals surface area (Å²) in [6.07, 6.45) is -1.71. The molecule has 88 valence electrons. The first-order valence-electron chi connectivity index (χ1n) is 4.33. The second kappa shape index (κ2) is 5.05. The average molecular weight is 247 g/mol. The summed E-state index contributed by atoms with van der Waals surface area (Å²) in [6, 6.07) is 2.79. The number of ether oxygens (including phenoxy) is 2. The number of carboxylic acids is 1. The van der Waals surface area contributed by atoms with E-state index in [9.17, 15) is 9.90 Å². The van der Waals surface area contributed by atoms with E-state index < -0.39 is 12.1 Å². The zero-order valence-corrected chi connectivity index (χ0v) is 9.49. The number of aliphatic carboxylic acids is 1. The Bertz CT molecular complexity index is 404. The summed E-state index contributed by atoms with van der Waals surface area (Å²) in [6.45, 7) is 0. The Morgan fingerprint density at radius 2 is 2.00 bits per heavy atom. The van der Waals surface area contributed by atoms with Gasteiger partial charge in [-0.1, -0.05) is 11.6 Å². The average Bonchev–Trinajstić information content (AvgIpc) is 2.26. The van der Waals surface area contributed by atoms with Crippen LogP contribution in [0.25, 0.3) is 0 Å². The highest BCUT2D eigenvalue weighted by Crippen LogP contribution is 2.37. The van der Waals surface area contributed by atoms with Gasteiger partial charge in [-0.05, 0) is 6.07 Å². The van der Waals surface area contributed by atoms with Crippen molar-refractivity contribution in [3.05, 3.63) is 22.7 Å². The van der Waals surface area contributed by atoms with Crippen molar-refractivity contribution in [1.82, 2.24) is 0 Å². The molecule has 5 nitrogen and oxygen atoms in total. The lowest BCUT2D eigenvalue weighted by molar-refractivity contribution is -0.147. The maximum atomic E-state index is 10.7. The Kier molecular flexibility index (Phi) is 3.98. The second-order valence-corrected chi connectivity index (χ2v) is 3.41. The summed E-state index contributed by atoms with van der Waals surface area (Å²) in [4.78, 5) is 10.7. The first-order chi connectivity index (χ1) is 7.51. The molecular formula is C10H11ClO5. The summed E-state index contributed by atoms with van der Waals surface area (Å²) in [5.41, 5.74) is 0.0550. The van der Waals surface area contributed by atoms with E-state index in [-0.39, 0.29) is 22.1 Å². The number of carboxylic acid groups (broad SMARTS) is 1. The quantitative estimate of drug-likeness (QED) is 0.842. The summed E-state index contributed by atoms with van der Waals surface area (Å²) >= 11 is 5.77. The van der Waals surface area contributed by atoms with Crippen molar-refractivity contribution in [3.63, 3.8) is 0 Å². The van der Waals surface area contributed by atoms with Gasteiger partial charge >= 0.3 is 5.97 Å². The van der Waals surface area contributed by atoms with E-state index in [0.717, 1.165) is 0 Å². The summed E-state index contributed by atoms with van der Waals surface area (Å²) in [5, 5.41) is 18.4. The molecule has 0 saturated heterocycles. The maximum absolute atomic E-state index is 10.7. The van der Waals surface area contributed by atoms with Crippen molar-refractivity contribution in [1.29, 1.82) is 0 Å². The van der Waals surface area contributed by atoms with Gasteiger partial charge in [0.15, 0.2) is 17.6 Å². The zero-order valence-electron chi connectivity index (χ0n) is 8.73. The van der Waals surface area contributed by atoms with Gasteiger partial charge in [-0.3, -0.25) is 0 Å². The molecule has 1 unspecified atom stereocenters. The minimum Gasteiger partial charge on any atom is -0.493 e. The van der Waals surface area contributed by atoms with Crippen LogP contribution in [0.15, 0.2) is 12.1 Å². The topological polar surface area (TPSA) is 76.0 Å². The van der Waals surface area contributed by atoms with Gasteiger partial charge in [0, 0.05) is 16.7 Å². The lowest BCUT2D eigenvalue weighted by atomic mass is 10.1. The van der Waals surface area contributed by atoms with Gasteiger partial charge < -0.3 is 19.7 Å². The highest BCUT2D eigenvalue weighted by Gasteiger charge is 2.23. The number of rotatable bonds is 4. The number of aliphatic hydroxyl groups excluding tert-OH is 1. The molecule has 0 aromatic heterocycles. The second-order valence-electron chi connectivity index (χ2n) is 2.97. The zero-order chi connectivity index (χ0) is 12.3. The van der Waals surface area contributed by atoms with E-state index in [4.69, 9.17) is 26.2 Å². The van der Waals surface area contributed by atoms with Gasteiger partial charge in [-0.25, -0.2) is 4.79 Å². The third-order valence-electron chi connectivity index (χ3n) is 2.00. The first-order valence-corrected chi connectivity index (χ1v) is 4.71. The fraction of sp³-hybridized carbons (Fsp3) is 0.300. The van der Waals surface area contributed by atoms with Crippen molar-refractivity contribution in [2.45, 2.75) is 6.10 Å². The van der Waals surface area contributed by atoms with E-state index in [2.05, 4.69) is 0 Å². The Hall–Kier alpha value is -1.46. The Morgan fingerprint density at radius 3 is 2.44 bits per heavy atom. The molecule has 0 amide bonds. The van der Waals surface area contributed by atoms with E-state index in [1.807, 2.05) is 0 Å². The molecule has 0 spiro atoms. The van der Waals surface area contributed by atoms with Crippen LogP contribution < -0.4 is 9.47 Å². The molecule has 1 rings (SSSR count). The lowest BCUT2D eigenvalue weighted by Gasteiger charge is -2.15. The molecule has 0 aliphatic heterocycles. The van der Waals surface area contributed by atoms with Crippen LogP contribution in [-0.2, 0) is 4.79 Å². The fourth-order valence-corrected chi connectivity index (χ4v) is 1.51. The number of aliphatic hydroxyl groups is 1. The minimum atomic E-state index is -1.71. The molecule has 0 radical (unpaired) electrons. The maximum Gasteiger partial charge on any atom is 0.337 e. The van der Waals surface area contributed by atoms with Gasteiger partial charge in [0.2, 0.25) is 0 Å². The van der Waals surface area contributed by atoms with Crippen LogP contribution in [0, 0.1) is 0 Å². The molecule has 0 aliphatic carbocycles. The van der Waals surface area contributed by atoms with Crippen LogP contribution in [0.1, 0.15) is 11.7 Å². The van der Waals surface area contributed by atoms with E-state index in [1.54, 1.807) is 0 Å². The molecule has 6 heteroatoms. The van der Waals surface area contributed by atoms with Gasteiger partial charge in [0.25, 0.3) is 0 Å². The van der Waals surface area contributed by atoms with Crippen molar-refractivity contribution < 1.29 is 24.5 Å². The molecule has 16 heavy (non-hydrogen) atoms. The predicted molar refractivity (Wildman–Crippen MR) is 57.2 cm³/mol. The minimum absolute atomic E-state index is 0.0550. The molecule has 0 bridgehead atoms. The third kappa shape index (κ3) is 2.37. The highest BCUT2D eigenvalue weighted by atomic mass is 35.5. The SMILES string of the molecule is COc1cc(Cl)cc(C(O)C(=O)O)c1OC. The van der Waals surface area contributed by atoms with E-state index in [0.29, 0.717) is 0 Å². The smallest absolute Gasteiger partial charge is 0.337 e. The van der Waals surface area contributed by atoms with Crippen molar-refractivity contribution >= 4 is 17.6 Å². The lowest BCUT2D eigenvalue weighted by Crippen LogP contribution is -2.12. The van der Waals surface area contributed by atoms with Gasteiger partial charge in [-0.2, -0.15) is 0 Å². The number of methoxy groups -OCH3 is 2. The molecule has 1 atom stereocenters. The predicted octanol–water partition coefficient (Wildman–Crippen LogP) is 1.48. The van der Waals surface area contributed by atoms with Crippen LogP contribution in [-0.4, -0.2) is 30.4 Å². The number of hydrogen-bond donors (Lipinski definition) is 2. The normalized spacial score (nSPS) is 12.0. The first kappa shape index (κ1) is 12.6. The number of halogens is 1. The van der Waals surface area contributed by atoms with Crippen LogP contribution in [0.5, 0.6) is 11.5 Å². The summed E-state index contributed by atoms with van der Waals surface area (Å²) in [5.74, 6) is -0.963. The number of benzene rings is 1. The third-order valence-corrected chi connectivity index (χ3v) is 2.22. The number of carbonyl (C=O) groups is 1. The molecule has 1 aromatic rings. The molecule has 0 heterocycles. The van der Waals surface area contributed by atoms with Gasteiger partial charge in [-0.15, -0.1) is 0 Å². The summed E-state index contributed by atoms with van der Waals surface area (Å²) < 4.78 is 9.96. The largest absolute Gasteiger partial charge is 0.493 e. The van der Waals surface area contributed by atoms with Crippen molar-refractivity contribution in [2.24, 2.45) is 0 Å². The summed E-state index contributed by atoms with van der Waals surface area (Å²) in [7, 11) is 2.74. The molecule has 0 aliphatic rings. The molecular weight excluding hydrogens is 236 g/mol. The number of hydrogen-bond acceptors (Lipinski definition) is 4. The fourth-order valence-electron chi connectivity index (χ4n) is 1.30. The highest BCUT2D eigenvalue weighted by molar-refractivity contribution is 6.30. The van der Waals surface area contributed by atoms with Crippen LogP contribution in [0.3, 0.4) is 0 Å². The Labute approximate surface area is 97.2 Å². The van der Waals surface area contributed by atoms with Gasteiger partial charge in [0.05, 0.1) is 14.2 Å². The Balaban J connectivity index is 3.35. The van der Waals surface area contributed by atoms with E-state index >= 15 is 0 Å². The molecule has 1 aromatic carbocycles. The monoisotopic (exact) mass is 246 g/mol. The molecule has 2 N–H and O–H groups in total.